The first-order chi connectivity index (χ1) is 11.0. The van der Waals surface area contributed by atoms with Gasteiger partial charge in [-0.25, -0.2) is 14.2 Å². The van der Waals surface area contributed by atoms with Gasteiger partial charge in [0.05, 0.1) is 18.7 Å². The molecule has 2 aromatic rings. The van der Waals surface area contributed by atoms with Crippen LogP contribution < -0.4 is 11.1 Å². The lowest BCUT2D eigenvalue weighted by Crippen LogP contribution is -2.36. The van der Waals surface area contributed by atoms with Crippen LogP contribution >= 0.6 is 0 Å². The summed E-state index contributed by atoms with van der Waals surface area (Å²) in [5, 5.41) is 11.9. The number of aromatic hydroxyl groups is 1. The van der Waals surface area contributed by atoms with Gasteiger partial charge in [0, 0.05) is 5.56 Å². The molecule has 0 aliphatic rings. The number of nitrogens with one attached hydrogen (secondary N) is 1. The SMILES string of the molecule is [C-]#[N+]c1ccc(O)c(C(=O)NC(N)=NCc2ccccc2F)c1. The van der Waals surface area contributed by atoms with Gasteiger partial charge in [-0.3, -0.25) is 10.1 Å². The smallest absolute Gasteiger partial charge is 0.260 e. The Kier molecular flexibility index (Phi) is 4.89. The lowest BCUT2D eigenvalue weighted by atomic mass is 10.1. The summed E-state index contributed by atoms with van der Waals surface area (Å²) < 4.78 is 13.4. The van der Waals surface area contributed by atoms with Crippen molar-refractivity contribution in [3.05, 3.63) is 70.8 Å². The van der Waals surface area contributed by atoms with Gasteiger partial charge >= 0.3 is 0 Å². The second-order valence-electron chi connectivity index (χ2n) is 4.56. The highest BCUT2D eigenvalue weighted by atomic mass is 19.1. The number of benzene rings is 2. The summed E-state index contributed by atoms with van der Waals surface area (Å²) in [5.74, 6) is -1.62. The van der Waals surface area contributed by atoms with E-state index in [0.29, 0.717) is 5.56 Å². The van der Waals surface area contributed by atoms with Gasteiger partial charge in [-0.2, -0.15) is 0 Å². The van der Waals surface area contributed by atoms with E-state index in [1.165, 1.54) is 24.3 Å². The lowest BCUT2D eigenvalue weighted by molar-refractivity contribution is 0.0974. The van der Waals surface area contributed by atoms with Gasteiger partial charge in [0.25, 0.3) is 5.91 Å². The van der Waals surface area contributed by atoms with Crippen LogP contribution in [0.4, 0.5) is 10.1 Å². The fraction of sp³-hybridized carbons (Fsp3) is 0.0625. The van der Waals surface area contributed by atoms with Crippen molar-refractivity contribution in [2.24, 2.45) is 10.7 Å². The predicted octanol–water partition coefficient (Wildman–Crippen LogP) is 2.33. The molecule has 0 unspecified atom stereocenters. The molecule has 23 heavy (non-hydrogen) atoms. The molecule has 7 heteroatoms. The highest BCUT2D eigenvalue weighted by Gasteiger charge is 2.13. The van der Waals surface area contributed by atoms with E-state index < -0.39 is 11.7 Å². The standard InChI is InChI=1S/C16H13FN4O2/c1-19-11-6-7-14(22)12(8-11)15(23)21-16(18)20-9-10-4-2-3-5-13(10)17/h2-8,22H,9H2,(H3,18,20,21,23). The number of nitrogens with zero attached hydrogens (tertiary/aromatic N) is 2. The zero-order valence-electron chi connectivity index (χ0n) is 12.0. The van der Waals surface area contributed by atoms with E-state index in [-0.39, 0.29) is 29.5 Å². The Balaban J connectivity index is 2.09. The van der Waals surface area contributed by atoms with Crippen molar-refractivity contribution >= 4 is 17.6 Å². The minimum atomic E-state index is -0.706. The second-order valence-corrected chi connectivity index (χ2v) is 4.56. The number of hydrogen-bond acceptors (Lipinski definition) is 3. The number of halogens is 1. The van der Waals surface area contributed by atoms with Gasteiger partial charge in [-0.15, -0.1) is 0 Å². The first-order valence-electron chi connectivity index (χ1n) is 6.56. The molecule has 2 aromatic carbocycles. The van der Waals surface area contributed by atoms with Crippen molar-refractivity contribution in [1.29, 1.82) is 0 Å². The number of phenolic OH excluding ortho intramolecular Hbond substituents is 1. The van der Waals surface area contributed by atoms with Crippen LogP contribution in [-0.4, -0.2) is 17.0 Å². The van der Waals surface area contributed by atoms with Crippen LogP contribution in [0, 0.1) is 12.4 Å². The summed E-state index contributed by atoms with van der Waals surface area (Å²) in [6.07, 6.45) is 0. The maximum Gasteiger partial charge on any atom is 0.260 e. The third-order valence-electron chi connectivity index (χ3n) is 2.97. The molecule has 0 spiro atoms. The summed E-state index contributed by atoms with van der Waals surface area (Å²) in [7, 11) is 0. The van der Waals surface area contributed by atoms with Crippen molar-refractivity contribution in [2.75, 3.05) is 0 Å². The summed E-state index contributed by atoms with van der Waals surface area (Å²) in [4.78, 5) is 19.1. The molecule has 2 rings (SSSR count). The molecule has 0 saturated carbocycles. The van der Waals surface area contributed by atoms with Gasteiger partial charge in [-0.05, 0) is 18.2 Å². The van der Waals surface area contributed by atoms with Gasteiger partial charge in [0.1, 0.15) is 11.6 Å². The first-order valence-corrected chi connectivity index (χ1v) is 6.56. The van der Waals surface area contributed by atoms with Gasteiger partial charge in [0.2, 0.25) is 0 Å². The van der Waals surface area contributed by atoms with E-state index in [2.05, 4.69) is 15.2 Å². The van der Waals surface area contributed by atoms with Crippen LogP contribution in [-0.2, 0) is 6.54 Å². The van der Waals surface area contributed by atoms with E-state index >= 15 is 0 Å². The molecule has 0 radical (unpaired) electrons. The Morgan fingerprint density at radius 1 is 1.35 bits per heavy atom. The number of guanidine groups is 1. The van der Waals surface area contributed by atoms with E-state index in [1.807, 2.05) is 0 Å². The van der Waals surface area contributed by atoms with Crippen LogP contribution in [0.3, 0.4) is 0 Å². The Labute approximate surface area is 131 Å². The fourth-order valence-corrected chi connectivity index (χ4v) is 1.80. The zero-order chi connectivity index (χ0) is 16.8. The Morgan fingerprint density at radius 3 is 2.78 bits per heavy atom. The first kappa shape index (κ1) is 16.0. The Bertz CT molecular complexity index is 812. The molecule has 0 atom stereocenters. The number of nitrogens with two attached hydrogens (primary N) is 1. The van der Waals surface area contributed by atoms with Crippen molar-refractivity contribution in [1.82, 2.24) is 5.32 Å². The summed E-state index contributed by atoms with van der Waals surface area (Å²) in [5.41, 5.74) is 6.03. The summed E-state index contributed by atoms with van der Waals surface area (Å²) in [6, 6.07) is 9.94. The molecular formula is C16H13FN4O2. The van der Waals surface area contributed by atoms with Gasteiger partial charge < -0.3 is 10.8 Å². The normalized spacial score (nSPS) is 10.9. The Hall–Kier alpha value is -3.40. The monoisotopic (exact) mass is 312 g/mol. The predicted molar refractivity (Wildman–Crippen MR) is 83.6 cm³/mol. The molecule has 0 saturated heterocycles. The second kappa shape index (κ2) is 7.04. The topological polar surface area (TPSA) is 92.1 Å². The van der Waals surface area contributed by atoms with Crippen molar-refractivity contribution in [3.63, 3.8) is 0 Å². The molecule has 116 valence electrons. The van der Waals surface area contributed by atoms with Crippen molar-refractivity contribution in [2.45, 2.75) is 6.54 Å². The molecule has 4 N–H and O–H groups in total. The zero-order valence-corrected chi connectivity index (χ0v) is 12.0. The molecule has 6 nitrogen and oxygen atoms in total. The van der Waals surface area contributed by atoms with Crippen LogP contribution in [0.25, 0.3) is 4.85 Å². The highest BCUT2D eigenvalue weighted by molar-refractivity contribution is 6.07. The van der Waals surface area contributed by atoms with E-state index in [0.717, 1.165) is 0 Å². The number of hydrogen-bond donors (Lipinski definition) is 3. The molecule has 0 heterocycles. The molecule has 0 aromatic heterocycles. The van der Waals surface area contributed by atoms with Gasteiger partial charge in [-0.1, -0.05) is 24.3 Å². The van der Waals surface area contributed by atoms with Crippen molar-refractivity contribution < 1.29 is 14.3 Å². The molecule has 0 aliphatic carbocycles. The molecule has 0 aliphatic heterocycles. The van der Waals surface area contributed by atoms with E-state index in [4.69, 9.17) is 12.3 Å². The summed E-state index contributed by atoms with van der Waals surface area (Å²) >= 11 is 0. The van der Waals surface area contributed by atoms with Crippen LogP contribution in [0.1, 0.15) is 15.9 Å². The van der Waals surface area contributed by atoms with Crippen molar-refractivity contribution in [3.8, 4) is 5.75 Å². The minimum absolute atomic E-state index is 0.0349. The molecule has 0 fully saturated rings. The average molecular weight is 312 g/mol. The third kappa shape index (κ3) is 4.04. The highest BCUT2D eigenvalue weighted by Crippen LogP contribution is 2.23. The lowest BCUT2D eigenvalue weighted by Gasteiger charge is -2.07. The Morgan fingerprint density at radius 2 is 2.09 bits per heavy atom. The maximum atomic E-state index is 13.4. The van der Waals surface area contributed by atoms with Gasteiger partial charge in [0.15, 0.2) is 11.6 Å². The molecular weight excluding hydrogens is 299 g/mol. The maximum absolute atomic E-state index is 13.4. The van der Waals surface area contributed by atoms with Crippen LogP contribution in [0.2, 0.25) is 0 Å². The molecule has 0 bridgehead atoms. The number of aliphatic imine (C=N–C) groups is 1. The largest absolute Gasteiger partial charge is 0.507 e. The third-order valence-corrected chi connectivity index (χ3v) is 2.97. The number of phenols is 1. The quantitative estimate of drug-likeness (QED) is 0.461. The van der Waals surface area contributed by atoms with Crippen LogP contribution in [0.5, 0.6) is 5.75 Å². The average Bonchev–Trinajstić information content (AvgIpc) is 2.54. The van der Waals surface area contributed by atoms with Crippen LogP contribution in [0.15, 0.2) is 47.5 Å². The molecule has 1 amide bonds. The number of carbonyl (C=O) groups is 1. The number of amides is 1. The number of rotatable bonds is 3. The fourth-order valence-electron chi connectivity index (χ4n) is 1.80. The van der Waals surface area contributed by atoms with E-state index in [9.17, 15) is 14.3 Å². The van der Waals surface area contributed by atoms with E-state index in [1.54, 1.807) is 18.2 Å². The number of carbonyl (C=O) groups excluding carboxylic acids is 1. The minimum Gasteiger partial charge on any atom is -0.507 e. The summed E-state index contributed by atoms with van der Waals surface area (Å²) in [6.45, 7) is 6.87.